The summed E-state index contributed by atoms with van der Waals surface area (Å²) in [7, 11) is 1.59. The summed E-state index contributed by atoms with van der Waals surface area (Å²) in [6.45, 7) is 1.78. The molecule has 0 bridgehead atoms. The molecule has 2 rings (SSSR count). The van der Waals surface area contributed by atoms with Crippen molar-refractivity contribution < 1.29 is 9.21 Å². The second-order valence-electron chi connectivity index (χ2n) is 3.33. The molecule has 2 heterocycles. The first-order valence-corrected chi connectivity index (χ1v) is 5.94. The van der Waals surface area contributed by atoms with Crippen molar-refractivity contribution in [2.75, 3.05) is 7.05 Å². The molecule has 17 heavy (non-hydrogen) atoms. The average molecular weight is 252 g/mol. The fourth-order valence-electron chi connectivity index (χ4n) is 1.24. The van der Waals surface area contributed by atoms with Gasteiger partial charge >= 0.3 is 0 Å². The maximum atomic E-state index is 11.3. The van der Waals surface area contributed by atoms with Gasteiger partial charge in [-0.3, -0.25) is 4.79 Å². The molecule has 0 aliphatic carbocycles. The van der Waals surface area contributed by atoms with Gasteiger partial charge in [-0.05, 0) is 19.1 Å². The molecule has 0 aromatic carbocycles. The highest BCUT2D eigenvalue weighted by atomic mass is 32.2. The molecule has 0 saturated heterocycles. The highest BCUT2D eigenvalue weighted by Crippen LogP contribution is 2.25. The minimum absolute atomic E-state index is 0.0744. The van der Waals surface area contributed by atoms with E-state index in [1.807, 2.05) is 12.1 Å². The topological polar surface area (TPSA) is 83.8 Å². The number of aromatic nitrogens is 3. The van der Waals surface area contributed by atoms with Crippen molar-refractivity contribution in [3.05, 3.63) is 18.3 Å². The van der Waals surface area contributed by atoms with Gasteiger partial charge in [0.15, 0.2) is 0 Å². The average Bonchev–Trinajstić information content (AvgIpc) is 2.97. The van der Waals surface area contributed by atoms with Gasteiger partial charge in [0.25, 0.3) is 11.1 Å². The number of H-pyrrole nitrogens is 1. The Hall–Kier alpha value is -1.76. The number of nitrogens with zero attached hydrogens (tertiary/aromatic N) is 2. The third kappa shape index (κ3) is 2.68. The van der Waals surface area contributed by atoms with Gasteiger partial charge in [-0.2, -0.15) is 0 Å². The van der Waals surface area contributed by atoms with Gasteiger partial charge in [-0.15, -0.1) is 10.2 Å². The van der Waals surface area contributed by atoms with Crippen LogP contribution in [-0.2, 0) is 4.79 Å². The van der Waals surface area contributed by atoms with Crippen LogP contribution in [0, 0.1) is 0 Å². The molecular formula is C10H12N4O2S. The van der Waals surface area contributed by atoms with E-state index in [1.54, 1.807) is 20.2 Å². The minimum atomic E-state index is -0.267. The van der Waals surface area contributed by atoms with Crippen molar-refractivity contribution in [1.29, 1.82) is 0 Å². The zero-order valence-corrected chi connectivity index (χ0v) is 10.2. The van der Waals surface area contributed by atoms with Gasteiger partial charge in [0, 0.05) is 13.2 Å². The molecule has 0 spiro atoms. The highest BCUT2D eigenvalue weighted by molar-refractivity contribution is 8.00. The van der Waals surface area contributed by atoms with Crippen molar-refractivity contribution in [3.63, 3.8) is 0 Å². The maximum absolute atomic E-state index is 11.3. The van der Waals surface area contributed by atoms with Gasteiger partial charge in [-0.1, -0.05) is 11.8 Å². The van der Waals surface area contributed by atoms with Crippen LogP contribution >= 0.6 is 11.8 Å². The Labute approximate surface area is 102 Å². The highest BCUT2D eigenvalue weighted by Gasteiger charge is 2.17. The van der Waals surface area contributed by atoms with Gasteiger partial charge in [-0.25, -0.2) is 0 Å². The van der Waals surface area contributed by atoms with E-state index in [9.17, 15) is 4.79 Å². The van der Waals surface area contributed by atoms with E-state index in [0.717, 1.165) is 5.69 Å². The van der Waals surface area contributed by atoms with E-state index in [0.29, 0.717) is 11.1 Å². The Morgan fingerprint density at radius 3 is 3.06 bits per heavy atom. The predicted molar refractivity (Wildman–Crippen MR) is 63.5 cm³/mol. The van der Waals surface area contributed by atoms with Crippen LogP contribution in [0.2, 0.25) is 0 Å². The van der Waals surface area contributed by atoms with E-state index in [4.69, 9.17) is 4.42 Å². The zero-order valence-electron chi connectivity index (χ0n) is 9.43. The quantitative estimate of drug-likeness (QED) is 0.801. The largest absolute Gasteiger partial charge is 0.410 e. The van der Waals surface area contributed by atoms with Crippen LogP contribution in [0.4, 0.5) is 0 Å². The first-order chi connectivity index (χ1) is 8.20. The maximum Gasteiger partial charge on any atom is 0.277 e. The van der Waals surface area contributed by atoms with Crippen LogP contribution < -0.4 is 5.32 Å². The van der Waals surface area contributed by atoms with Gasteiger partial charge in [0.05, 0.1) is 5.25 Å². The Morgan fingerprint density at radius 2 is 2.41 bits per heavy atom. The fraction of sp³-hybridized carbons (Fsp3) is 0.300. The number of carbonyl (C=O) groups excluding carboxylic acids is 1. The smallest absolute Gasteiger partial charge is 0.277 e. The normalized spacial score (nSPS) is 12.4. The molecular weight excluding hydrogens is 240 g/mol. The van der Waals surface area contributed by atoms with Crippen molar-refractivity contribution in [2.24, 2.45) is 0 Å². The standard InChI is InChI=1S/C10H12N4O2S/c1-6(8(15)11-2)17-10-14-13-9(16-10)7-4-3-5-12-7/h3-6,12H,1-2H3,(H,11,15)/t6-/m0/s1. The lowest BCUT2D eigenvalue weighted by atomic mass is 10.4. The Kier molecular flexibility index (Phi) is 3.48. The number of hydrogen-bond acceptors (Lipinski definition) is 5. The summed E-state index contributed by atoms with van der Waals surface area (Å²) >= 11 is 1.23. The number of hydrogen-bond donors (Lipinski definition) is 2. The van der Waals surface area contributed by atoms with E-state index in [-0.39, 0.29) is 11.2 Å². The van der Waals surface area contributed by atoms with Crippen molar-refractivity contribution in [2.45, 2.75) is 17.4 Å². The van der Waals surface area contributed by atoms with Crippen LogP contribution in [0.25, 0.3) is 11.6 Å². The molecule has 1 atom stereocenters. The monoisotopic (exact) mass is 252 g/mol. The molecule has 2 N–H and O–H groups in total. The number of carbonyl (C=O) groups is 1. The molecule has 0 unspecified atom stereocenters. The number of rotatable bonds is 4. The lowest BCUT2D eigenvalue weighted by Crippen LogP contribution is -2.27. The third-order valence-corrected chi connectivity index (χ3v) is 3.06. The molecule has 0 aliphatic rings. The van der Waals surface area contributed by atoms with Gasteiger partial charge in [0.1, 0.15) is 5.69 Å². The Morgan fingerprint density at radius 1 is 1.59 bits per heavy atom. The van der Waals surface area contributed by atoms with E-state index >= 15 is 0 Å². The first kappa shape index (κ1) is 11.7. The van der Waals surface area contributed by atoms with Crippen LogP contribution in [0.15, 0.2) is 28.0 Å². The van der Waals surface area contributed by atoms with Crippen molar-refractivity contribution in [1.82, 2.24) is 20.5 Å². The van der Waals surface area contributed by atoms with Crippen LogP contribution in [-0.4, -0.2) is 33.4 Å². The lowest BCUT2D eigenvalue weighted by molar-refractivity contribution is -0.119. The molecule has 0 radical (unpaired) electrons. The first-order valence-electron chi connectivity index (χ1n) is 5.06. The number of thioether (sulfide) groups is 1. The predicted octanol–water partition coefficient (Wildman–Crippen LogP) is 1.29. The fourth-order valence-corrected chi connectivity index (χ4v) is 1.98. The third-order valence-electron chi connectivity index (χ3n) is 2.13. The molecule has 2 aromatic rings. The second-order valence-corrected chi connectivity index (χ2v) is 4.62. The molecule has 0 saturated carbocycles. The van der Waals surface area contributed by atoms with Crippen molar-refractivity contribution in [3.8, 4) is 11.6 Å². The molecule has 0 fully saturated rings. The van der Waals surface area contributed by atoms with Crippen LogP contribution in [0.1, 0.15) is 6.92 Å². The Bertz CT molecular complexity index is 494. The number of aromatic amines is 1. The summed E-state index contributed by atoms with van der Waals surface area (Å²) in [6, 6.07) is 3.68. The zero-order chi connectivity index (χ0) is 12.3. The van der Waals surface area contributed by atoms with E-state index in [1.165, 1.54) is 11.8 Å². The summed E-state index contributed by atoms with van der Waals surface area (Å²) in [6.07, 6.45) is 1.78. The van der Waals surface area contributed by atoms with Crippen LogP contribution in [0.5, 0.6) is 0 Å². The van der Waals surface area contributed by atoms with Crippen molar-refractivity contribution >= 4 is 17.7 Å². The van der Waals surface area contributed by atoms with Crippen LogP contribution in [0.3, 0.4) is 0 Å². The van der Waals surface area contributed by atoms with Gasteiger partial charge in [0.2, 0.25) is 5.91 Å². The van der Waals surface area contributed by atoms with E-state index in [2.05, 4.69) is 20.5 Å². The Balaban J connectivity index is 2.06. The van der Waals surface area contributed by atoms with E-state index < -0.39 is 0 Å². The summed E-state index contributed by atoms with van der Waals surface area (Å²) < 4.78 is 5.42. The number of nitrogens with one attached hydrogen (secondary N) is 2. The summed E-state index contributed by atoms with van der Waals surface area (Å²) in [5.74, 6) is 0.344. The molecule has 6 nitrogen and oxygen atoms in total. The molecule has 7 heteroatoms. The lowest BCUT2D eigenvalue weighted by Gasteiger charge is -2.04. The second kappa shape index (κ2) is 5.05. The number of amides is 1. The molecule has 90 valence electrons. The molecule has 2 aromatic heterocycles. The van der Waals surface area contributed by atoms with Gasteiger partial charge < -0.3 is 14.7 Å². The minimum Gasteiger partial charge on any atom is -0.410 e. The summed E-state index contributed by atoms with van der Waals surface area (Å²) in [4.78, 5) is 14.3. The SMILES string of the molecule is CNC(=O)[C@H](C)Sc1nnc(-c2ccc[nH]2)o1. The molecule has 1 amide bonds. The summed E-state index contributed by atoms with van der Waals surface area (Å²) in [5.41, 5.74) is 0.761. The summed E-state index contributed by atoms with van der Waals surface area (Å²) in [5, 5.41) is 10.4. The molecule has 0 aliphatic heterocycles.